The van der Waals surface area contributed by atoms with Crippen LogP contribution in [0.15, 0.2) is 146 Å². The Balaban J connectivity index is 1.45. The third kappa shape index (κ3) is 5.27. The molecule has 5 N–H and O–H groups in total. The summed E-state index contributed by atoms with van der Waals surface area (Å²) in [7, 11) is 0. The summed E-state index contributed by atoms with van der Waals surface area (Å²) in [4.78, 5) is 3.64. The average Bonchev–Trinajstić information content (AvgIpc) is 3.47. The van der Waals surface area contributed by atoms with Crippen molar-refractivity contribution in [2.24, 2.45) is 0 Å². The highest BCUT2D eigenvalue weighted by atomic mass is 16.5. The number of para-hydroxylation sites is 3. The zero-order chi connectivity index (χ0) is 29.2. The number of aromatic nitrogens is 1. The van der Waals surface area contributed by atoms with Crippen molar-refractivity contribution in [3.63, 3.8) is 0 Å². The van der Waals surface area contributed by atoms with E-state index in [0.717, 1.165) is 55.9 Å². The molecule has 0 aliphatic carbocycles. The van der Waals surface area contributed by atoms with Crippen LogP contribution in [-0.4, -0.2) is 4.98 Å². The number of aromatic amines is 1. The van der Waals surface area contributed by atoms with Crippen LogP contribution in [0.4, 0.5) is 11.4 Å². The quantitative estimate of drug-likeness (QED) is 0.170. The van der Waals surface area contributed by atoms with Gasteiger partial charge in [0.15, 0.2) is 0 Å². The summed E-state index contributed by atoms with van der Waals surface area (Å²) >= 11 is 0. The lowest BCUT2D eigenvalue weighted by atomic mass is 9.88. The minimum absolute atomic E-state index is 0.642. The summed E-state index contributed by atoms with van der Waals surface area (Å²) in [5.41, 5.74) is 20.4. The van der Waals surface area contributed by atoms with Gasteiger partial charge >= 0.3 is 0 Å². The average molecular weight is 560 g/mol. The van der Waals surface area contributed by atoms with E-state index in [4.69, 9.17) is 20.9 Å². The maximum Gasteiger partial charge on any atom is 0.135 e. The molecule has 0 radical (unpaired) electrons. The SMILES string of the molecule is Nc1ccc(Oc2ccccc2-c2cccc(-c3cc4ccccc4[nH]3)c2-c2ccccc2Oc2cccc(N)c2)cc1. The molecular weight excluding hydrogens is 530 g/mol. The molecule has 5 heteroatoms. The largest absolute Gasteiger partial charge is 0.457 e. The fourth-order valence-corrected chi connectivity index (χ4v) is 5.42. The molecule has 208 valence electrons. The number of H-pyrrole nitrogens is 1. The van der Waals surface area contributed by atoms with Gasteiger partial charge in [-0.25, -0.2) is 0 Å². The van der Waals surface area contributed by atoms with Gasteiger partial charge in [-0.05, 0) is 66.2 Å². The normalized spacial score (nSPS) is 11.0. The molecule has 0 aliphatic heterocycles. The Morgan fingerprint density at radius 3 is 1.86 bits per heavy atom. The van der Waals surface area contributed by atoms with Crippen LogP contribution >= 0.6 is 0 Å². The summed E-state index contributed by atoms with van der Waals surface area (Å²) in [5, 5.41) is 1.14. The number of ether oxygens (including phenoxy) is 2. The predicted octanol–water partition coefficient (Wildman–Crippen LogP) is 9.92. The Hall–Kier alpha value is -5.94. The monoisotopic (exact) mass is 559 g/mol. The first kappa shape index (κ1) is 26.0. The first-order valence-corrected chi connectivity index (χ1v) is 14.1. The summed E-state index contributed by atoms with van der Waals surface area (Å²) < 4.78 is 12.9. The van der Waals surface area contributed by atoms with E-state index in [1.54, 1.807) is 0 Å². The molecule has 0 saturated carbocycles. The molecule has 0 aliphatic rings. The first-order chi connectivity index (χ1) is 21.1. The van der Waals surface area contributed by atoms with Gasteiger partial charge < -0.3 is 25.9 Å². The Bertz CT molecular complexity index is 2030. The van der Waals surface area contributed by atoms with Crippen molar-refractivity contribution in [2.75, 3.05) is 11.5 Å². The molecule has 0 amide bonds. The molecule has 0 fully saturated rings. The van der Waals surface area contributed by atoms with Crippen LogP contribution in [0.3, 0.4) is 0 Å². The molecule has 5 nitrogen and oxygen atoms in total. The summed E-state index contributed by atoms with van der Waals surface area (Å²) in [6.45, 7) is 0. The minimum Gasteiger partial charge on any atom is -0.457 e. The Kier molecular flexibility index (Phi) is 6.74. The summed E-state index contributed by atoms with van der Waals surface area (Å²) in [5.74, 6) is 2.83. The van der Waals surface area contributed by atoms with Gasteiger partial charge in [0.05, 0.1) is 0 Å². The topological polar surface area (TPSA) is 86.3 Å². The number of hydrogen-bond acceptors (Lipinski definition) is 4. The number of nitrogens with two attached hydrogens (primary N) is 2. The van der Waals surface area contributed by atoms with E-state index in [1.165, 1.54) is 0 Å². The molecule has 7 aromatic rings. The van der Waals surface area contributed by atoms with Gasteiger partial charge in [0.25, 0.3) is 0 Å². The van der Waals surface area contributed by atoms with Crippen LogP contribution < -0.4 is 20.9 Å². The summed E-state index contributed by atoms with van der Waals surface area (Å²) in [6.07, 6.45) is 0. The smallest absolute Gasteiger partial charge is 0.135 e. The molecule has 0 spiro atoms. The van der Waals surface area contributed by atoms with Gasteiger partial charge in [-0.15, -0.1) is 0 Å². The number of benzene rings is 6. The number of anilines is 2. The van der Waals surface area contributed by atoms with Crippen molar-refractivity contribution in [3.8, 4) is 56.5 Å². The van der Waals surface area contributed by atoms with Crippen LogP contribution in [0.2, 0.25) is 0 Å². The van der Waals surface area contributed by atoms with Crippen LogP contribution in [0.25, 0.3) is 44.4 Å². The van der Waals surface area contributed by atoms with Crippen molar-refractivity contribution >= 4 is 22.3 Å². The molecule has 0 saturated heterocycles. The second-order valence-corrected chi connectivity index (χ2v) is 10.3. The van der Waals surface area contributed by atoms with Crippen molar-refractivity contribution in [2.45, 2.75) is 0 Å². The van der Waals surface area contributed by atoms with Crippen LogP contribution in [-0.2, 0) is 0 Å². The molecule has 0 unspecified atom stereocenters. The molecule has 7 rings (SSSR count). The van der Waals surface area contributed by atoms with E-state index < -0.39 is 0 Å². The van der Waals surface area contributed by atoms with Gasteiger partial charge in [-0.2, -0.15) is 0 Å². The van der Waals surface area contributed by atoms with Crippen LogP contribution in [0.5, 0.6) is 23.0 Å². The number of rotatable bonds is 7. The van der Waals surface area contributed by atoms with Crippen molar-refractivity contribution in [3.05, 3.63) is 146 Å². The number of hydrogen-bond donors (Lipinski definition) is 3. The molecule has 43 heavy (non-hydrogen) atoms. The third-order valence-electron chi connectivity index (χ3n) is 7.41. The fourth-order valence-electron chi connectivity index (χ4n) is 5.42. The van der Waals surface area contributed by atoms with Gasteiger partial charge in [-0.3, -0.25) is 0 Å². The van der Waals surface area contributed by atoms with Gasteiger partial charge in [-0.1, -0.05) is 78.9 Å². The lowest BCUT2D eigenvalue weighted by Crippen LogP contribution is -1.96. The van der Waals surface area contributed by atoms with Crippen LogP contribution in [0.1, 0.15) is 0 Å². The van der Waals surface area contributed by atoms with Crippen molar-refractivity contribution in [1.82, 2.24) is 4.98 Å². The van der Waals surface area contributed by atoms with Crippen LogP contribution in [0, 0.1) is 0 Å². The van der Waals surface area contributed by atoms with Gasteiger partial charge in [0, 0.05) is 56.3 Å². The molecular formula is C38H29N3O2. The fraction of sp³-hybridized carbons (Fsp3) is 0. The highest BCUT2D eigenvalue weighted by Crippen LogP contribution is 2.47. The number of fused-ring (bicyclic) bond motifs is 1. The highest BCUT2D eigenvalue weighted by molar-refractivity contribution is 5.99. The second-order valence-electron chi connectivity index (χ2n) is 10.3. The van der Waals surface area contributed by atoms with Crippen molar-refractivity contribution < 1.29 is 9.47 Å². The third-order valence-corrected chi connectivity index (χ3v) is 7.41. The maximum absolute atomic E-state index is 6.49. The number of nitrogens with one attached hydrogen (secondary N) is 1. The zero-order valence-electron chi connectivity index (χ0n) is 23.3. The lowest BCUT2D eigenvalue weighted by Gasteiger charge is -2.20. The van der Waals surface area contributed by atoms with E-state index in [0.29, 0.717) is 22.9 Å². The number of nitrogen functional groups attached to an aromatic ring is 2. The van der Waals surface area contributed by atoms with Crippen molar-refractivity contribution in [1.29, 1.82) is 0 Å². The maximum atomic E-state index is 6.49. The van der Waals surface area contributed by atoms with Gasteiger partial charge in [0.1, 0.15) is 23.0 Å². The first-order valence-electron chi connectivity index (χ1n) is 14.1. The van der Waals surface area contributed by atoms with E-state index in [9.17, 15) is 0 Å². The van der Waals surface area contributed by atoms with Gasteiger partial charge in [0.2, 0.25) is 0 Å². The lowest BCUT2D eigenvalue weighted by molar-refractivity contribution is 0.484. The van der Waals surface area contributed by atoms with E-state index in [-0.39, 0.29) is 0 Å². The molecule has 1 heterocycles. The second kappa shape index (κ2) is 11.1. The van der Waals surface area contributed by atoms with E-state index >= 15 is 0 Å². The molecule has 0 atom stereocenters. The summed E-state index contributed by atoms with van der Waals surface area (Å²) in [6, 6.07) is 47.9. The Labute approximate surface area is 250 Å². The highest BCUT2D eigenvalue weighted by Gasteiger charge is 2.21. The predicted molar refractivity (Wildman–Crippen MR) is 176 cm³/mol. The molecule has 6 aromatic carbocycles. The zero-order valence-corrected chi connectivity index (χ0v) is 23.3. The standard InChI is InChI=1S/C38H29N3O2/c39-26-19-21-28(22-20-26)42-36-17-5-2-12-30(36)31-14-8-15-32(35-23-25-9-1-4-16-34(25)41-35)38(31)33-13-3-6-18-37(33)43-29-11-7-10-27(40)24-29/h1-24,41H,39-40H2. The minimum atomic E-state index is 0.642. The van der Waals surface area contributed by atoms with E-state index in [2.05, 4.69) is 59.6 Å². The van der Waals surface area contributed by atoms with E-state index in [1.807, 2.05) is 91.0 Å². The Morgan fingerprint density at radius 1 is 0.442 bits per heavy atom. The molecule has 1 aromatic heterocycles. The Morgan fingerprint density at radius 2 is 1.07 bits per heavy atom. The molecule has 0 bridgehead atoms.